The number of hydrogen-bond donors (Lipinski definition) is 1. The summed E-state index contributed by atoms with van der Waals surface area (Å²) in [4.78, 5) is 0. The third kappa shape index (κ3) is 1.91. The molecule has 14 heavy (non-hydrogen) atoms. The van der Waals surface area contributed by atoms with Gasteiger partial charge in [0.2, 0.25) is 0 Å². The second kappa shape index (κ2) is 4.11. The molecule has 0 spiro atoms. The maximum Gasteiger partial charge on any atom is 0.199 e. The summed E-state index contributed by atoms with van der Waals surface area (Å²) in [5.74, 6) is 0. The fraction of sp³-hybridized carbons (Fsp3) is 0. The number of halogens is 2. The molecule has 2 aromatic rings. The predicted octanol–water partition coefficient (Wildman–Crippen LogP) is 3.30. The second-order valence-electron chi connectivity index (χ2n) is 2.63. The molecule has 0 amide bonds. The van der Waals surface area contributed by atoms with Crippen molar-refractivity contribution in [1.82, 2.24) is 14.8 Å². The minimum Gasteiger partial charge on any atom is -0.275 e. The van der Waals surface area contributed by atoms with E-state index in [1.807, 2.05) is 22.8 Å². The van der Waals surface area contributed by atoms with Gasteiger partial charge in [-0.1, -0.05) is 0 Å². The van der Waals surface area contributed by atoms with Gasteiger partial charge in [-0.2, -0.15) is 5.10 Å². The van der Waals surface area contributed by atoms with Gasteiger partial charge in [-0.15, -0.1) is 0 Å². The molecule has 3 nitrogen and oxygen atoms in total. The molecule has 0 radical (unpaired) electrons. The fourth-order valence-corrected chi connectivity index (χ4v) is 1.97. The summed E-state index contributed by atoms with van der Waals surface area (Å²) >= 11 is 10.8. The summed E-state index contributed by atoms with van der Waals surface area (Å²) in [6.07, 6.45) is 1.66. The van der Waals surface area contributed by atoms with Crippen LogP contribution in [0, 0.1) is 8.34 Å². The van der Waals surface area contributed by atoms with Crippen LogP contribution in [0.25, 0.3) is 5.69 Å². The van der Waals surface area contributed by atoms with Gasteiger partial charge >= 0.3 is 0 Å². The van der Waals surface area contributed by atoms with E-state index in [2.05, 4.69) is 48.7 Å². The first-order valence-corrected chi connectivity index (χ1v) is 6.04. The van der Waals surface area contributed by atoms with E-state index in [0.717, 1.165) is 10.2 Å². The van der Waals surface area contributed by atoms with Gasteiger partial charge in [0.25, 0.3) is 0 Å². The first-order valence-electron chi connectivity index (χ1n) is 3.76. The third-order valence-corrected chi connectivity index (χ3v) is 4.36. The number of benzene rings is 1. The average molecular weight is 382 g/mol. The van der Waals surface area contributed by atoms with E-state index in [9.17, 15) is 0 Å². The third-order valence-electron chi connectivity index (χ3n) is 1.73. The van der Waals surface area contributed by atoms with Gasteiger partial charge in [-0.05, 0) is 68.9 Å². The van der Waals surface area contributed by atoms with Crippen molar-refractivity contribution in [2.45, 2.75) is 0 Å². The quantitative estimate of drug-likeness (QED) is 0.607. The topological polar surface area (TPSA) is 33.6 Å². The Labute approximate surface area is 108 Å². The van der Waals surface area contributed by atoms with Crippen molar-refractivity contribution in [1.29, 1.82) is 0 Å². The Bertz CT molecular complexity index is 519. The number of aromatic amines is 1. The molecule has 1 heterocycles. The lowest BCUT2D eigenvalue weighted by Crippen LogP contribution is -1.92. The average Bonchev–Trinajstić information content (AvgIpc) is 2.57. The molecule has 0 saturated carbocycles. The van der Waals surface area contributed by atoms with E-state index in [1.54, 1.807) is 6.33 Å². The molecule has 1 N–H and O–H groups in total. The highest BCUT2D eigenvalue weighted by molar-refractivity contribution is 14.1. The van der Waals surface area contributed by atoms with Gasteiger partial charge in [0, 0.05) is 8.04 Å². The standard InChI is InChI=1S/C8H5BrIN3S/c9-6-3-5(1-2-7(6)10)13-4-11-12-8(13)14/h1-4H,(H,12,14). The monoisotopic (exact) mass is 381 g/mol. The number of hydrogen-bond acceptors (Lipinski definition) is 2. The summed E-state index contributed by atoms with van der Waals surface area (Å²) in [7, 11) is 0. The number of rotatable bonds is 1. The molecule has 72 valence electrons. The summed E-state index contributed by atoms with van der Waals surface area (Å²) < 4.78 is 4.63. The van der Waals surface area contributed by atoms with Gasteiger partial charge in [-0.25, -0.2) is 0 Å². The highest BCUT2D eigenvalue weighted by Crippen LogP contribution is 2.22. The van der Waals surface area contributed by atoms with Crippen molar-refractivity contribution in [3.63, 3.8) is 0 Å². The van der Waals surface area contributed by atoms with E-state index in [4.69, 9.17) is 12.2 Å². The molecule has 0 unspecified atom stereocenters. The largest absolute Gasteiger partial charge is 0.275 e. The Balaban J connectivity index is 2.59. The first-order chi connectivity index (χ1) is 6.68. The van der Waals surface area contributed by atoms with Crippen LogP contribution in [0.3, 0.4) is 0 Å². The van der Waals surface area contributed by atoms with Gasteiger partial charge in [-0.3, -0.25) is 9.67 Å². The summed E-state index contributed by atoms with van der Waals surface area (Å²) in [5.41, 5.74) is 0.996. The molecular weight excluding hydrogens is 377 g/mol. The van der Waals surface area contributed by atoms with Crippen LogP contribution in [0.2, 0.25) is 0 Å². The number of nitrogens with zero attached hydrogens (tertiary/aromatic N) is 2. The molecule has 1 aromatic heterocycles. The Hall–Kier alpha value is -0.210. The molecular formula is C8H5BrIN3S. The fourth-order valence-electron chi connectivity index (χ4n) is 1.07. The van der Waals surface area contributed by atoms with Gasteiger partial charge < -0.3 is 0 Å². The molecule has 6 heteroatoms. The van der Waals surface area contributed by atoms with Crippen molar-refractivity contribution in [3.8, 4) is 5.69 Å². The normalized spacial score (nSPS) is 10.4. The highest BCUT2D eigenvalue weighted by atomic mass is 127. The number of H-pyrrole nitrogens is 1. The van der Waals surface area contributed by atoms with Crippen LogP contribution in [0.4, 0.5) is 0 Å². The van der Waals surface area contributed by atoms with Crippen LogP contribution in [0.1, 0.15) is 0 Å². The highest BCUT2D eigenvalue weighted by Gasteiger charge is 2.01. The molecule has 1 aromatic carbocycles. The van der Waals surface area contributed by atoms with Crippen LogP contribution in [0.5, 0.6) is 0 Å². The van der Waals surface area contributed by atoms with Crippen molar-refractivity contribution in [2.75, 3.05) is 0 Å². The van der Waals surface area contributed by atoms with Crippen LogP contribution in [0.15, 0.2) is 29.0 Å². The van der Waals surface area contributed by atoms with Crippen LogP contribution < -0.4 is 0 Å². The SMILES string of the molecule is S=c1[nH]ncn1-c1ccc(I)c(Br)c1. The lowest BCUT2D eigenvalue weighted by molar-refractivity contribution is 1.03. The summed E-state index contributed by atoms with van der Waals surface area (Å²) in [6.45, 7) is 0. The first kappa shape index (κ1) is 10.3. The molecule has 0 aliphatic carbocycles. The van der Waals surface area contributed by atoms with Crippen LogP contribution in [-0.4, -0.2) is 14.8 Å². The lowest BCUT2D eigenvalue weighted by Gasteiger charge is -2.02. The molecule has 0 aliphatic heterocycles. The molecule has 0 bridgehead atoms. The smallest absolute Gasteiger partial charge is 0.199 e. The molecule has 2 rings (SSSR count). The zero-order valence-electron chi connectivity index (χ0n) is 6.87. The van der Waals surface area contributed by atoms with E-state index in [0.29, 0.717) is 4.77 Å². The molecule has 0 fully saturated rings. The molecule has 0 atom stereocenters. The summed E-state index contributed by atoms with van der Waals surface area (Å²) in [5, 5.41) is 6.58. The van der Waals surface area contributed by atoms with Crippen molar-refractivity contribution in [2.24, 2.45) is 0 Å². The minimum absolute atomic E-state index is 0.595. The number of nitrogens with one attached hydrogen (secondary N) is 1. The van der Waals surface area contributed by atoms with E-state index in [1.165, 1.54) is 3.57 Å². The predicted molar refractivity (Wildman–Crippen MR) is 69.2 cm³/mol. The van der Waals surface area contributed by atoms with Crippen molar-refractivity contribution >= 4 is 50.7 Å². The maximum atomic E-state index is 5.07. The van der Waals surface area contributed by atoms with Crippen LogP contribution in [-0.2, 0) is 0 Å². The van der Waals surface area contributed by atoms with Gasteiger partial charge in [0.15, 0.2) is 4.77 Å². The lowest BCUT2D eigenvalue weighted by atomic mass is 10.3. The molecule has 0 aliphatic rings. The van der Waals surface area contributed by atoms with Crippen molar-refractivity contribution < 1.29 is 0 Å². The molecule has 0 saturated heterocycles. The van der Waals surface area contributed by atoms with E-state index in [-0.39, 0.29) is 0 Å². The Morgan fingerprint density at radius 3 is 2.86 bits per heavy atom. The van der Waals surface area contributed by atoms with E-state index >= 15 is 0 Å². The Morgan fingerprint density at radius 1 is 1.50 bits per heavy atom. The number of aromatic nitrogens is 3. The Morgan fingerprint density at radius 2 is 2.29 bits per heavy atom. The summed E-state index contributed by atoms with van der Waals surface area (Å²) in [6, 6.07) is 6.03. The van der Waals surface area contributed by atoms with Gasteiger partial charge in [0.1, 0.15) is 6.33 Å². The van der Waals surface area contributed by atoms with Gasteiger partial charge in [0.05, 0.1) is 5.69 Å². The Kier molecular flexibility index (Phi) is 3.03. The van der Waals surface area contributed by atoms with Crippen LogP contribution >= 0.6 is 50.7 Å². The zero-order valence-corrected chi connectivity index (χ0v) is 11.4. The maximum absolute atomic E-state index is 5.07. The minimum atomic E-state index is 0.595. The van der Waals surface area contributed by atoms with Crippen molar-refractivity contribution in [3.05, 3.63) is 37.3 Å². The van der Waals surface area contributed by atoms with E-state index < -0.39 is 0 Å². The zero-order chi connectivity index (χ0) is 10.1. The second-order valence-corrected chi connectivity index (χ2v) is 5.03.